The van der Waals surface area contributed by atoms with Crippen LogP contribution in [0.4, 0.5) is 5.69 Å². The van der Waals surface area contributed by atoms with Crippen LogP contribution in [-0.2, 0) is 18.4 Å². The first kappa shape index (κ1) is 17.0. The van der Waals surface area contributed by atoms with Crippen molar-refractivity contribution in [2.45, 2.75) is 6.54 Å². The fourth-order valence-electron chi connectivity index (χ4n) is 2.53. The minimum atomic E-state index is -0.381. The number of halogens is 1. The van der Waals surface area contributed by atoms with E-state index in [9.17, 15) is 9.59 Å². The minimum Gasteiger partial charge on any atom is -0.323 e. The molecule has 0 bridgehead atoms. The third-order valence-corrected chi connectivity index (χ3v) is 4.32. The van der Waals surface area contributed by atoms with E-state index in [1.54, 1.807) is 19.2 Å². The van der Waals surface area contributed by atoms with Crippen LogP contribution in [0, 0.1) is 0 Å². The van der Waals surface area contributed by atoms with Crippen molar-refractivity contribution >= 4 is 38.6 Å². The second-order valence-electron chi connectivity index (χ2n) is 5.58. The monoisotopic (exact) mass is 429 g/mol. The predicted molar refractivity (Wildman–Crippen MR) is 98.3 cm³/mol. The van der Waals surface area contributed by atoms with E-state index in [-0.39, 0.29) is 18.0 Å². The van der Waals surface area contributed by atoms with Crippen molar-refractivity contribution in [2.24, 2.45) is 7.05 Å². The van der Waals surface area contributed by atoms with Gasteiger partial charge in [-0.15, -0.1) is 0 Å². The van der Waals surface area contributed by atoms with Gasteiger partial charge in [-0.05, 0) is 28.1 Å². The van der Waals surface area contributed by atoms with Crippen molar-refractivity contribution in [3.8, 4) is 5.82 Å². The molecule has 4 aromatic rings. The van der Waals surface area contributed by atoms with Crippen LogP contribution in [0.25, 0.3) is 16.9 Å². The zero-order valence-electron chi connectivity index (χ0n) is 13.9. The molecular formula is C15H12BrN9O2. The van der Waals surface area contributed by atoms with Gasteiger partial charge in [-0.3, -0.25) is 14.2 Å². The molecule has 4 heterocycles. The third kappa shape index (κ3) is 3.21. The Morgan fingerprint density at radius 2 is 2.11 bits per heavy atom. The molecule has 0 atom stereocenters. The Kier molecular flexibility index (Phi) is 4.24. The second kappa shape index (κ2) is 6.72. The van der Waals surface area contributed by atoms with Crippen LogP contribution in [0.1, 0.15) is 0 Å². The van der Waals surface area contributed by atoms with E-state index in [4.69, 9.17) is 0 Å². The van der Waals surface area contributed by atoms with Crippen molar-refractivity contribution in [3.63, 3.8) is 0 Å². The number of carbonyl (C=O) groups excluding carboxylic acids is 1. The fourth-order valence-corrected chi connectivity index (χ4v) is 3.11. The van der Waals surface area contributed by atoms with E-state index in [1.807, 2.05) is 0 Å². The number of pyridine rings is 1. The number of nitrogens with one attached hydrogen (secondary N) is 1. The summed E-state index contributed by atoms with van der Waals surface area (Å²) in [4.78, 5) is 37.1. The van der Waals surface area contributed by atoms with Gasteiger partial charge < -0.3 is 5.32 Å². The average Bonchev–Trinajstić information content (AvgIpc) is 3.27. The number of hydrogen-bond donors (Lipinski definition) is 1. The van der Waals surface area contributed by atoms with Gasteiger partial charge in [-0.1, -0.05) is 0 Å². The van der Waals surface area contributed by atoms with Gasteiger partial charge in [-0.25, -0.2) is 24.3 Å². The lowest BCUT2D eigenvalue weighted by atomic mass is 10.4. The average molecular weight is 430 g/mol. The minimum absolute atomic E-state index is 0.187. The van der Waals surface area contributed by atoms with E-state index in [1.165, 1.54) is 39.1 Å². The van der Waals surface area contributed by atoms with E-state index in [0.29, 0.717) is 27.1 Å². The molecule has 0 radical (unpaired) electrons. The van der Waals surface area contributed by atoms with Crippen LogP contribution in [-0.4, -0.2) is 45.0 Å². The van der Waals surface area contributed by atoms with Crippen LogP contribution < -0.4 is 10.9 Å². The van der Waals surface area contributed by atoms with Gasteiger partial charge in [-0.2, -0.15) is 10.2 Å². The molecule has 1 N–H and O–H groups in total. The molecule has 27 heavy (non-hydrogen) atoms. The summed E-state index contributed by atoms with van der Waals surface area (Å²) in [7, 11) is 1.69. The number of fused-ring (bicyclic) bond motifs is 1. The summed E-state index contributed by atoms with van der Waals surface area (Å²) in [6.45, 7) is -0.187. The summed E-state index contributed by atoms with van der Waals surface area (Å²) >= 11 is 3.24. The highest BCUT2D eigenvalue weighted by atomic mass is 79.9. The number of carbonyl (C=O) groups is 1. The number of aromatic nitrogens is 8. The molecule has 0 unspecified atom stereocenters. The fraction of sp³-hybridized carbons (Fsp3) is 0.133. The second-order valence-corrected chi connectivity index (χ2v) is 6.34. The summed E-state index contributed by atoms with van der Waals surface area (Å²) in [5, 5.41) is 11.1. The molecule has 0 aliphatic heterocycles. The SMILES string of the molecule is Cn1nc(Br)c2c(=O)n(CC(=O)Nc3ccc(-n4cncn4)nc3)cnc21. The zero-order valence-corrected chi connectivity index (χ0v) is 15.5. The van der Waals surface area contributed by atoms with Crippen LogP contribution in [0.15, 0.2) is 46.7 Å². The Balaban J connectivity index is 1.51. The first-order valence-electron chi connectivity index (χ1n) is 7.71. The molecule has 4 rings (SSSR count). The Morgan fingerprint density at radius 3 is 2.81 bits per heavy atom. The van der Waals surface area contributed by atoms with Crippen molar-refractivity contribution in [3.05, 3.63) is 52.3 Å². The topological polar surface area (TPSA) is 125 Å². The van der Waals surface area contributed by atoms with Crippen LogP contribution in [0.3, 0.4) is 0 Å². The number of nitrogens with zero attached hydrogens (tertiary/aromatic N) is 8. The number of aryl methyl sites for hydroxylation is 1. The van der Waals surface area contributed by atoms with Gasteiger partial charge in [0.1, 0.15) is 35.5 Å². The van der Waals surface area contributed by atoms with Crippen LogP contribution >= 0.6 is 15.9 Å². The van der Waals surface area contributed by atoms with Crippen molar-refractivity contribution < 1.29 is 4.79 Å². The Hall–Kier alpha value is -3.41. The van der Waals surface area contributed by atoms with Gasteiger partial charge in [0, 0.05) is 7.05 Å². The molecule has 12 heteroatoms. The highest BCUT2D eigenvalue weighted by Gasteiger charge is 2.15. The third-order valence-electron chi connectivity index (χ3n) is 3.77. The van der Waals surface area contributed by atoms with Crippen LogP contribution in [0.5, 0.6) is 0 Å². The maximum Gasteiger partial charge on any atom is 0.266 e. The normalized spacial score (nSPS) is 11.0. The van der Waals surface area contributed by atoms with Crippen molar-refractivity contribution in [2.75, 3.05) is 5.32 Å². The zero-order chi connectivity index (χ0) is 19.0. The lowest BCUT2D eigenvalue weighted by Gasteiger charge is -2.08. The van der Waals surface area contributed by atoms with Crippen molar-refractivity contribution in [1.29, 1.82) is 0 Å². The van der Waals surface area contributed by atoms with Gasteiger partial charge in [0.25, 0.3) is 5.56 Å². The summed E-state index contributed by atoms with van der Waals surface area (Å²) < 4.78 is 4.60. The Labute approximate surface area is 159 Å². The number of rotatable bonds is 4. The van der Waals surface area contributed by atoms with Gasteiger partial charge in [0.05, 0.1) is 11.9 Å². The maximum atomic E-state index is 12.6. The molecule has 0 spiro atoms. The summed E-state index contributed by atoms with van der Waals surface area (Å²) in [5.41, 5.74) is 0.583. The molecule has 0 fully saturated rings. The largest absolute Gasteiger partial charge is 0.323 e. The first-order chi connectivity index (χ1) is 13.0. The van der Waals surface area contributed by atoms with E-state index in [2.05, 4.69) is 46.4 Å². The van der Waals surface area contributed by atoms with Gasteiger partial charge in [0.2, 0.25) is 5.91 Å². The number of amides is 1. The maximum absolute atomic E-state index is 12.6. The molecule has 1 amide bonds. The number of hydrogen-bond acceptors (Lipinski definition) is 7. The highest BCUT2D eigenvalue weighted by Crippen LogP contribution is 2.16. The molecule has 11 nitrogen and oxygen atoms in total. The molecular weight excluding hydrogens is 418 g/mol. The molecule has 0 saturated heterocycles. The highest BCUT2D eigenvalue weighted by molar-refractivity contribution is 9.10. The van der Waals surface area contributed by atoms with Gasteiger partial charge in [0.15, 0.2) is 11.5 Å². The molecule has 4 aromatic heterocycles. The molecule has 0 aromatic carbocycles. The smallest absolute Gasteiger partial charge is 0.266 e. The molecule has 0 saturated carbocycles. The van der Waals surface area contributed by atoms with E-state index < -0.39 is 0 Å². The molecule has 0 aliphatic rings. The summed E-state index contributed by atoms with van der Waals surface area (Å²) in [6, 6.07) is 3.38. The first-order valence-corrected chi connectivity index (χ1v) is 8.51. The van der Waals surface area contributed by atoms with Crippen LogP contribution in [0.2, 0.25) is 0 Å². The lowest BCUT2D eigenvalue weighted by molar-refractivity contribution is -0.116. The number of anilines is 1. The van der Waals surface area contributed by atoms with Crippen molar-refractivity contribution in [1.82, 2.24) is 39.1 Å². The summed E-state index contributed by atoms with van der Waals surface area (Å²) in [6.07, 6.45) is 5.74. The summed E-state index contributed by atoms with van der Waals surface area (Å²) in [5.74, 6) is 0.186. The molecule has 136 valence electrons. The van der Waals surface area contributed by atoms with E-state index >= 15 is 0 Å². The van der Waals surface area contributed by atoms with Gasteiger partial charge >= 0.3 is 0 Å². The predicted octanol–water partition coefficient (Wildman–Crippen LogP) is 0.507. The standard InChI is InChI=1S/C15H12BrN9O2/c1-23-14-12(13(16)22-23)15(27)24(8-19-14)5-11(26)21-9-2-3-10(18-4-9)25-7-17-6-20-25/h2-4,6-8H,5H2,1H3,(H,21,26). The Bertz CT molecular complexity index is 1180. The Morgan fingerprint density at radius 1 is 1.26 bits per heavy atom. The quantitative estimate of drug-likeness (QED) is 0.500. The lowest BCUT2D eigenvalue weighted by Crippen LogP contribution is -2.28. The molecule has 0 aliphatic carbocycles. The van der Waals surface area contributed by atoms with E-state index in [0.717, 1.165) is 0 Å².